The second-order valence-electron chi connectivity index (χ2n) is 3.78. The van der Waals surface area contributed by atoms with Gasteiger partial charge in [0.2, 0.25) is 0 Å². The van der Waals surface area contributed by atoms with Crippen LogP contribution in [0.2, 0.25) is 5.02 Å². The van der Waals surface area contributed by atoms with E-state index in [0.29, 0.717) is 12.8 Å². The third-order valence-corrected chi connectivity index (χ3v) is 2.67. The Bertz CT molecular complexity index is 465. The lowest BCUT2D eigenvalue weighted by Gasteiger charge is -2.14. The summed E-state index contributed by atoms with van der Waals surface area (Å²) >= 11 is 5.72. The van der Waals surface area contributed by atoms with Crippen LogP contribution >= 0.6 is 11.6 Å². The summed E-state index contributed by atoms with van der Waals surface area (Å²) in [5.74, 6) is -2.29. The predicted octanol–water partition coefficient (Wildman–Crippen LogP) is 2.46. The zero-order valence-electron chi connectivity index (χ0n) is 9.74. The van der Waals surface area contributed by atoms with Crippen LogP contribution in [0, 0.1) is 5.82 Å². The number of nitrogens with one attached hydrogen (secondary N) is 1. The topological polar surface area (TPSA) is 66.4 Å². The molecule has 0 aliphatic heterocycles. The van der Waals surface area contributed by atoms with Gasteiger partial charge in [0, 0.05) is 0 Å². The van der Waals surface area contributed by atoms with Crippen molar-refractivity contribution in [2.24, 2.45) is 0 Å². The van der Waals surface area contributed by atoms with Crippen LogP contribution in [0.1, 0.15) is 30.1 Å². The van der Waals surface area contributed by atoms with E-state index >= 15 is 0 Å². The normalized spacial score (nSPS) is 11.9. The number of aliphatic carboxylic acids is 1. The number of benzene rings is 1. The third-order valence-electron chi connectivity index (χ3n) is 2.36. The van der Waals surface area contributed by atoms with Crippen molar-refractivity contribution in [2.45, 2.75) is 25.8 Å². The Hall–Kier alpha value is -1.62. The Morgan fingerprint density at radius 2 is 2.17 bits per heavy atom. The van der Waals surface area contributed by atoms with Gasteiger partial charge in [-0.25, -0.2) is 9.18 Å². The molecule has 4 nitrogen and oxygen atoms in total. The van der Waals surface area contributed by atoms with Crippen LogP contribution in [0.4, 0.5) is 4.39 Å². The molecule has 1 aromatic rings. The Morgan fingerprint density at radius 1 is 1.50 bits per heavy atom. The highest BCUT2D eigenvalue weighted by atomic mass is 35.5. The fourth-order valence-electron chi connectivity index (χ4n) is 1.46. The highest BCUT2D eigenvalue weighted by Gasteiger charge is 2.20. The summed E-state index contributed by atoms with van der Waals surface area (Å²) in [7, 11) is 0. The first-order chi connectivity index (χ1) is 8.45. The predicted molar refractivity (Wildman–Crippen MR) is 65.2 cm³/mol. The van der Waals surface area contributed by atoms with Crippen LogP contribution in [0.3, 0.4) is 0 Å². The van der Waals surface area contributed by atoms with Crippen molar-refractivity contribution >= 4 is 23.5 Å². The number of hydrogen-bond acceptors (Lipinski definition) is 2. The smallest absolute Gasteiger partial charge is 0.326 e. The molecule has 2 N–H and O–H groups in total. The van der Waals surface area contributed by atoms with Gasteiger partial charge in [-0.2, -0.15) is 0 Å². The van der Waals surface area contributed by atoms with Gasteiger partial charge in [-0.1, -0.05) is 24.9 Å². The number of halogens is 2. The van der Waals surface area contributed by atoms with Crippen LogP contribution in [0.25, 0.3) is 0 Å². The van der Waals surface area contributed by atoms with E-state index in [2.05, 4.69) is 5.32 Å². The summed E-state index contributed by atoms with van der Waals surface area (Å²) in [6, 6.07) is 2.35. The molecule has 1 aromatic carbocycles. The van der Waals surface area contributed by atoms with Crippen LogP contribution in [0.15, 0.2) is 18.2 Å². The number of carboxylic acid groups (broad SMARTS) is 1. The molecule has 1 unspecified atom stereocenters. The molecule has 18 heavy (non-hydrogen) atoms. The number of carbonyl (C=O) groups is 2. The van der Waals surface area contributed by atoms with Gasteiger partial charge in [0.1, 0.15) is 11.9 Å². The lowest BCUT2D eigenvalue weighted by Crippen LogP contribution is -2.40. The number of amides is 1. The summed E-state index contributed by atoms with van der Waals surface area (Å²) in [5, 5.41) is 11.2. The molecule has 6 heteroatoms. The van der Waals surface area contributed by atoms with Crippen molar-refractivity contribution in [2.75, 3.05) is 0 Å². The van der Waals surface area contributed by atoms with Crippen molar-refractivity contribution in [3.05, 3.63) is 34.6 Å². The third kappa shape index (κ3) is 3.70. The fourth-order valence-corrected chi connectivity index (χ4v) is 1.71. The molecule has 1 rings (SSSR count). The molecule has 0 aliphatic rings. The molecule has 0 heterocycles. The van der Waals surface area contributed by atoms with E-state index < -0.39 is 23.7 Å². The average Bonchev–Trinajstić information content (AvgIpc) is 2.27. The summed E-state index contributed by atoms with van der Waals surface area (Å²) in [4.78, 5) is 22.7. The minimum Gasteiger partial charge on any atom is -0.480 e. The molecule has 98 valence electrons. The molecule has 0 aromatic heterocycles. The molecule has 0 saturated heterocycles. The maximum Gasteiger partial charge on any atom is 0.326 e. The van der Waals surface area contributed by atoms with Crippen LogP contribution in [0.5, 0.6) is 0 Å². The SMILES string of the molecule is CCCC(NC(=O)c1ccc(F)cc1Cl)C(=O)O. The summed E-state index contributed by atoms with van der Waals surface area (Å²) in [6.07, 6.45) is 0.939. The van der Waals surface area contributed by atoms with Crippen molar-refractivity contribution in [3.8, 4) is 0 Å². The highest BCUT2D eigenvalue weighted by Crippen LogP contribution is 2.17. The Kier molecular flexibility index (Phi) is 5.09. The lowest BCUT2D eigenvalue weighted by atomic mass is 10.1. The van der Waals surface area contributed by atoms with E-state index in [1.165, 1.54) is 6.07 Å². The van der Waals surface area contributed by atoms with E-state index in [1.807, 2.05) is 6.92 Å². The van der Waals surface area contributed by atoms with Gasteiger partial charge in [-0.15, -0.1) is 0 Å². The van der Waals surface area contributed by atoms with Gasteiger partial charge in [-0.05, 0) is 24.6 Å². The maximum atomic E-state index is 12.8. The largest absolute Gasteiger partial charge is 0.480 e. The van der Waals surface area contributed by atoms with Crippen molar-refractivity contribution in [1.29, 1.82) is 0 Å². The van der Waals surface area contributed by atoms with Gasteiger partial charge in [-0.3, -0.25) is 4.79 Å². The fraction of sp³-hybridized carbons (Fsp3) is 0.333. The van der Waals surface area contributed by atoms with E-state index in [1.54, 1.807) is 0 Å². The minimum atomic E-state index is -1.11. The minimum absolute atomic E-state index is 0.0480. The zero-order chi connectivity index (χ0) is 13.7. The van der Waals surface area contributed by atoms with Crippen molar-refractivity contribution in [3.63, 3.8) is 0 Å². The van der Waals surface area contributed by atoms with Crippen LogP contribution < -0.4 is 5.32 Å². The molecule has 0 fully saturated rings. The van der Waals surface area contributed by atoms with E-state index in [0.717, 1.165) is 12.1 Å². The summed E-state index contributed by atoms with van der Waals surface area (Å²) in [6.45, 7) is 1.81. The van der Waals surface area contributed by atoms with Crippen LogP contribution in [-0.2, 0) is 4.79 Å². The number of carboxylic acids is 1. The van der Waals surface area contributed by atoms with Gasteiger partial charge in [0.15, 0.2) is 0 Å². The zero-order valence-corrected chi connectivity index (χ0v) is 10.5. The first-order valence-electron chi connectivity index (χ1n) is 5.44. The van der Waals surface area contributed by atoms with Gasteiger partial charge in [0.25, 0.3) is 5.91 Å². The second-order valence-corrected chi connectivity index (χ2v) is 4.18. The molecule has 1 atom stereocenters. The van der Waals surface area contributed by atoms with Gasteiger partial charge >= 0.3 is 5.97 Å². The molecule has 0 aliphatic carbocycles. The van der Waals surface area contributed by atoms with E-state index in [4.69, 9.17) is 16.7 Å². The first kappa shape index (κ1) is 14.4. The van der Waals surface area contributed by atoms with Crippen LogP contribution in [-0.4, -0.2) is 23.0 Å². The molecule has 0 spiro atoms. The van der Waals surface area contributed by atoms with E-state index in [9.17, 15) is 14.0 Å². The average molecular weight is 274 g/mol. The van der Waals surface area contributed by atoms with Gasteiger partial charge in [0.05, 0.1) is 10.6 Å². The molecular formula is C12H13ClFNO3. The standard InChI is InChI=1S/C12H13ClFNO3/c1-2-3-10(12(17)18)15-11(16)8-5-4-7(14)6-9(8)13/h4-6,10H,2-3H2,1H3,(H,15,16)(H,17,18). The molecular weight excluding hydrogens is 261 g/mol. The molecule has 0 bridgehead atoms. The summed E-state index contributed by atoms with van der Waals surface area (Å²) in [5.41, 5.74) is 0.0559. The molecule has 0 radical (unpaired) electrons. The summed E-state index contributed by atoms with van der Waals surface area (Å²) < 4.78 is 12.8. The van der Waals surface area contributed by atoms with Crippen molar-refractivity contribution < 1.29 is 19.1 Å². The van der Waals surface area contributed by atoms with E-state index in [-0.39, 0.29) is 10.6 Å². The Morgan fingerprint density at radius 3 is 2.67 bits per heavy atom. The maximum absolute atomic E-state index is 12.8. The first-order valence-corrected chi connectivity index (χ1v) is 5.82. The lowest BCUT2D eigenvalue weighted by molar-refractivity contribution is -0.139. The number of hydrogen-bond donors (Lipinski definition) is 2. The van der Waals surface area contributed by atoms with Gasteiger partial charge < -0.3 is 10.4 Å². The van der Waals surface area contributed by atoms with Crippen molar-refractivity contribution in [1.82, 2.24) is 5.32 Å². The Labute approximate surface area is 109 Å². The molecule has 0 saturated carbocycles. The number of carbonyl (C=O) groups excluding carboxylic acids is 1. The monoisotopic (exact) mass is 273 g/mol. The highest BCUT2D eigenvalue weighted by molar-refractivity contribution is 6.33. The Balaban J connectivity index is 2.83. The quantitative estimate of drug-likeness (QED) is 0.866. The molecule has 1 amide bonds. The number of rotatable bonds is 5. The second kappa shape index (κ2) is 6.35.